The Morgan fingerprint density at radius 1 is 1.26 bits per heavy atom. The number of thioether (sulfide) groups is 1. The van der Waals surface area contributed by atoms with Crippen molar-refractivity contribution < 1.29 is 13.3 Å². The first-order valence-electron chi connectivity index (χ1n) is 7.34. The van der Waals surface area contributed by atoms with Gasteiger partial charge in [-0.25, -0.2) is 4.98 Å². The van der Waals surface area contributed by atoms with Gasteiger partial charge in [0.2, 0.25) is 5.89 Å². The number of benzene rings is 1. The van der Waals surface area contributed by atoms with E-state index in [1.807, 2.05) is 13.8 Å². The topological polar surface area (TPSA) is 56.7 Å². The van der Waals surface area contributed by atoms with Crippen LogP contribution in [0.3, 0.4) is 0 Å². The molecule has 0 spiro atoms. The molecule has 0 fully saturated rings. The normalized spacial score (nSPS) is 13.1. The molecule has 5 nitrogen and oxygen atoms in total. The molecule has 1 aromatic carbocycles. The summed E-state index contributed by atoms with van der Waals surface area (Å²) in [6.45, 7) is 1.21. The van der Waals surface area contributed by atoms with E-state index in [1.165, 1.54) is 11.8 Å². The van der Waals surface area contributed by atoms with Crippen LogP contribution in [0.15, 0.2) is 33.9 Å². The first-order valence-corrected chi connectivity index (χ1v) is 8.22. The predicted molar refractivity (Wildman–Crippen MR) is 83.6 cm³/mol. The van der Waals surface area contributed by atoms with Crippen LogP contribution in [-0.4, -0.2) is 19.7 Å². The number of para-hydroxylation sites is 2. The van der Waals surface area contributed by atoms with E-state index in [0.29, 0.717) is 22.7 Å². The molecule has 0 amide bonds. The van der Waals surface area contributed by atoms with Crippen molar-refractivity contribution >= 4 is 22.8 Å². The number of nitrogens with zero attached hydrogens (tertiary/aromatic N) is 4. The lowest BCUT2D eigenvalue weighted by Gasteiger charge is -2.09. The van der Waals surface area contributed by atoms with Crippen molar-refractivity contribution in [3.63, 3.8) is 0 Å². The van der Waals surface area contributed by atoms with Crippen molar-refractivity contribution in [2.75, 3.05) is 0 Å². The number of aromatic nitrogens is 4. The molecule has 0 aliphatic carbocycles. The average molecular weight is 338 g/mol. The van der Waals surface area contributed by atoms with Crippen LogP contribution < -0.4 is 0 Å². The molecule has 3 aromatic rings. The van der Waals surface area contributed by atoms with Crippen LogP contribution in [0.5, 0.6) is 0 Å². The highest BCUT2D eigenvalue weighted by molar-refractivity contribution is 7.99. The summed E-state index contributed by atoms with van der Waals surface area (Å²) in [5.41, 5.74) is 0.953. The molecule has 0 N–H and O–H groups in total. The van der Waals surface area contributed by atoms with E-state index in [-0.39, 0.29) is 10.4 Å². The Bertz CT molecular complexity index is 802. The molecule has 0 radical (unpaired) electrons. The molecule has 0 bridgehead atoms. The lowest BCUT2D eigenvalue weighted by Crippen LogP contribution is -2.01. The maximum atomic E-state index is 13.4. The largest absolute Gasteiger partial charge is 0.338 e. The van der Waals surface area contributed by atoms with Gasteiger partial charge in [-0.2, -0.15) is 13.8 Å². The highest BCUT2D eigenvalue weighted by atomic mass is 32.2. The Kier molecular flexibility index (Phi) is 4.61. The molecule has 0 aliphatic heterocycles. The lowest BCUT2D eigenvalue weighted by molar-refractivity contribution is 0.0656. The first kappa shape index (κ1) is 15.9. The maximum absolute atomic E-state index is 13.4. The number of fused-ring (bicyclic) bond motifs is 1. The maximum Gasteiger partial charge on any atom is 0.321 e. The van der Waals surface area contributed by atoms with Crippen molar-refractivity contribution in [1.29, 1.82) is 0 Å². The van der Waals surface area contributed by atoms with Crippen LogP contribution in [0.1, 0.15) is 43.8 Å². The molecule has 1 atom stereocenters. The van der Waals surface area contributed by atoms with Gasteiger partial charge in [0, 0.05) is 6.42 Å². The fourth-order valence-corrected chi connectivity index (χ4v) is 3.22. The monoisotopic (exact) mass is 338 g/mol. The van der Waals surface area contributed by atoms with Crippen molar-refractivity contribution in [3.05, 3.63) is 36.0 Å². The Labute approximate surface area is 136 Å². The predicted octanol–water partition coefficient (Wildman–Crippen LogP) is 4.62. The number of hydrogen-bond acceptors (Lipinski definition) is 5. The molecule has 0 unspecified atom stereocenters. The van der Waals surface area contributed by atoms with Gasteiger partial charge in [0.1, 0.15) is 0 Å². The summed E-state index contributed by atoms with van der Waals surface area (Å²) in [7, 11) is 0. The number of alkyl halides is 2. The van der Waals surface area contributed by atoms with Crippen molar-refractivity contribution in [2.45, 2.75) is 43.6 Å². The van der Waals surface area contributed by atoms with E-state index in [4.69, 9.17) is 4.52 Å². The zero-order valence-corrected chi connectivity index (χ0v) is 13.6. The third-order valence-electron chi connectivity index (χ3n) is 3.35. The quantitative estimate of drug-likeness (QED) is 0.614. The van der Waals surface area contributed by atoms with Gasteiger partial charge in [0.25, 0.3) is 0 Å². The Hall–Kier alpha value is -1.96. The van der Waals surface area contributed by atoms with Crippen molar-refractivity contribution in [2.24, 2.45) is 0 Å². The van der Waals surface area contributed by atoms with E-state index in [2.05, 4.69) is 15.1 Å². The molecule has 2 aromatic heterocycles. The number of aryl methyl sites for hydroxylation is 1. The van der Waals surface area contributed by atoms with Crippen LogP contribution >= 0.6 is 11.8 Å². The third-order valence-corrected chi connectivity index (χ3v) is 4.40. The van der Waals surface area contributed by atoms with E-state index < -0.39 is 6.55 Å². The minimum absolute atomic E-state index is 0.240. The summed E-state index contributed by atoms with van der Waals surface area (Å²) in [4.78, 5) is 8.60. The fraction of sp³-hybridized carbons (Fsp3) is 0.400. The molecular formula is C15H16F2N4OS. The summed E-state index contributed by atoms with van der Waals surface area (Å²) in [5.74, 6) is 1.06. The summed E-state index contributed by atoms with van der Waals surface area (Å²) in [5, 5.41) is 3.87. The average Bonchev–Trinajstić information content (AvgIpc) is 3.11. The first-order chi connectivity index (χ1) is 11.1. The highest BCUT2D eigenvalue weighted by Gasteiger charge is 2.23. The summed E-state index contributed by atoms with van der Waals surface area (Å²) in [6, 6.07) is 6.85. The number of halogens is 2. The molecule has 0 saturated heterocycles. The molecule has 23 heavy (non-hydrogen) atoms. The Morgan fingerprint density at radius 2 is 2.04 bits per heavy atom. The van der Waals surface area contributed by atoms with E-state index >= 15 is 0 Å². The zero-order chi connectivity index (χ0) is 16.4. The lowest BCUT2D eigenvalue weighted by atomic mass is 10.3. The standard InChI is InChI=1S/C15H16F2N4OS/c1-3-6-12-19-13(22-20-12)9(2)23-15-18-10-7-4-5-8-11(10)21(15)14(16)17/h4-5,7-9,14H,3,6H2,1-2H3/t9-/m0/s1. The second-order valence-corrected chi connectivity index (χ2v) is 6.40. The Balaban J connectivity index is 1.89. The molecule has 2 heterocycles. The SMILES string of the molecule is CCCc1noc([C@H](C)Sc2nc3ccccc3n2C(F)F)n1. The molecule has 0 aliphatic rings. The highest BCUT2D eigenvalue weighted by Crippen LogP contribution is 2.37. The van der Waals surface area contributed by atoms with Crippen molar-refractivity contribution in [3.8, 4) is 0 Å². The van der Waals surface area contributed by atoms with Gasteiger partial charge in [-0.15, -0.1) is 0 Å². The van der Waals surface area contributed by atoms with Gasteiger partial charge < -0.3 is 4.52 Å². The molecular weight excluding hydrogens is 322 g/mol. The Morgan fingerprint density at radius 3 is 2.78 bits per heavy atom. The van der Waals surface area contributed by atoms with Crippen LogP contribution in [0.25, 0.3) is 11.0 Å². The van der Waals surface area contributed by atoms with Gasteiger partial charge in [0.15, 0.2) is 11.0 Å². The second kappa shape index (κ2) is 6.66. The number of imidazole rings is 1. The van der Waals surface area contributed by atoms with Crippen LogP contribution in [0.4, 0.5) is 8.78 Å². The minimum atomic E-state index is -2.66. The van der Waals surface area contributed by atoms with Gasteiger partial charge >= 0.3 is 6.55 Å². The molecule has 8 heteroatoms. The van der Waals surface area contributed by atoms with Gasteiger partial charge in [-0.05, 0) is 25.5 Å². The van der Waals surface area contributed by atoms with Gasteiger partial charge in [-0.1, -0.05) is 36.0 Å². The van der Waals surface area contributed by atoms with Gasteiger partial charge in [-0.3, -0.25) is 4.57 Å². The van der Waals surface area contributed by atoms with E-state index in [1.54, 1.807) is 24.3 Å². The fourth-order valence-electron chi connectivity index (χ4n) is 2.26. The summed E-state index contributed by atoms with van der Waals surface area (Å²) < 4.78 is 33.0. The molecule has 3 rings (SSSR count). The van der Waals surface area contributed by atoms with Gasteiger partial charge in [0.05, 0.1) is 16.3 Å². The summed E-state index contributed by atoms with van der Waals surface area (Å²) in [6.07, 6.45) is 1.65. The number of rotatable bonds is 6. The minimum Gasteiger partial charge on any atom is -0.338 e. The summed E-state index contributed by atoms with van der Waals surface area (Å²) >= 11 is 1.18. The zero-order valence-electron chi connectivity index (χ0n) is 12.7. The third kappa shape index (κ3) is 3.21. The number of hydrogen-bond donors (Lipinski definition) is 0. The van der Waals surface area contributed by atoms with Crippen LogP contribution in [-0.2, 0) is 6.42 Å². The molecule has 0 saturated carbocycles. The van der Waals surface area contributed by atoms with Crippen molar-refractivity contribution in [1.82, 2.24) is 19.7 Å². The van der Waals surface area contributed by atoms with E-state index in [9.17, 15) is 8.78 Å². The smallest absolute Gasteiger partial charge is 0.321 e. The van der Waals surface area contributed by atoms with E-state index in [0.717, 1.165) is 17.4 Å². The second-order valence-electron chi connectivity index (χ2n) is 5.09. The molecule has 122 valence electrons. The van der Waals surface area contributed by atoms with Crippen LogP contribution in [0, 0.1) is 0 Å². The van der Waals surface area contributed by atoms with Crippen LogP contribution in [0.2, 0.25) is 0 Å².